The lowest BCUT2D eigenvalue weighted by molar-refractivity contribution is -0.121. The predicted octanol–water partition coefficient (Wildman–Crippen LogP) is 0.372. The Balaban J connectivity index is 1.47. The van der Waals surface area contributed by atoms with E-state index in [-0.39, 0.29) is 42.5 Å². The lowest BCUT2D eigenvalue weighted by Gasteiger charge is -2.29. The number of nitrogens with zero attached hydrogens (tertiary/aromatic N) is 1. The molecule has 0 saturated heterocycles. The minimum Gasteiger partial charge on any atom is -0.482 e. The third-order valence-electron chi connectivity index (χ3n) is 4.43. The largest absolute Gasteiger partial charge is 0.482 e. The van der Waals surface area contributed by atoms with E-state index < -0.39 is 11.2 Å². The van der Waals surface area contributed by atoms with Gasteiger partial charge in [0.2, 0.25) is 0 Å². The monoisotopic (exact) mass is 380 g/mol. The predicted molar refractivity (Wildman–Crippen MR) is 102 cm³/mol. The summed E-state index contributed by atoms with van der Waals surface area (Å²) in [6.45, 7) is 0.460. The van der Waals surface area contributed by atoms with Gasteiger partial charge in [-0.1, -0.05) is 12.1 Å². The first-order valence-corrected chi connectivity index (χ1v) is 8.60. The molecule has 0 atom stereocenters. The van der Waals surface area contributed by atoms with E-state index in [0.717, 1.165) is 0 Å². The lowest BCUT2D eigenvalue weighted by Crippen LogP contribution is -2.43. The number of amides is 2. The third-order valence-corrected chi connectivity index (χ3v) is 4.43. The summed E-state index contributed by atoms with van der Waals surface area (Å²) in [5.41, 5.74) is 0.114. The summed E-state index contributed by atoms with van der Waals surface area (Å²) in [5, 5.41) is 2.95. The van der Waals surface area contributed by atoms with Crippen molar-refractivity contribution in [1.82, 2.24) is 15.3 Å². The number of carbonyl (C=O) groups is 2. The maximum atomic E-state index is 12.4. The van der Waals surface area contributed by atoms with Crippen LogP contribution in [0.2, 0.25) is 0 Å². The quantitative estimate of drug-likeness (QED) is 0.603. The number of ether oxygens (including phenoxy) is 1. The van der Waals surface area contributed by atoms with E-state index >= 15 is 0 Å². The van der Waals surface area contributed by atoms with Gasteiger partial charge in [-0.05, 0) is 30.3 Å². The molecule has 0 aliphatic carbocycles. The molecule has 2 amide bonds. The van der Waals surface area contributed by atoms with Gasteiger partial charge in [-0.25, -0.2) is 4.79 Å². The van der Waals surface area contributed by atoms with E-state index in [4.69, 9.17) is 4.74 Å². The van der Waals surface area contributed by atoms with Gasteiger partial charge in [0.15, 0.2) is 6.61 Å². The standard InChI is InChI=1S/C19H16N4O5/c24-16-10-28-15-4-2-1-3-14(15)23(16)8-7-20-17(25)11-5-6-13-12(9-11)18(26)22-19(27)21-13/h1-6,9H,7-8,10H2,(H,20,25)(H2,21,22,26,27). The van der Waals surface area contributed by atoms with Crippen molar-refractivity contribution in [2.24, 2.45) is 0 Å². The van der Waals surface area contributed by atoms with Gasteiger partial charge in [0, 0.05) is 18.7 Å². The van der Waals surface area contributed by atoms with E-state index in [2.05, 4.69) is 15.3 Å². The van der Waals surface area contributed by atoms with Crippen LogP contribution < -0.4 is 26.2 Å². The Morgan fingerprint density at radius 2 is 1.93 bits per heavy atom. The van der Waals surface area contributed by atoms with E-state index in [1.807, 2.05) is 12.1 Å². The van der Waals surface area contributed by atoms with E-state index in [1.54, 1.807) is 17.0 Å². The van der Waals surface area contributed by atoms with Crippen LogP contribution in [0.3, 0.4) is 0 Å². The minimum atomic E-state index is -0.606. The first-order valence-electron chi connectivity index (χ1n) is 8.60. The van der Waals surface area contributed by atoms with Gasteiger partial charge >= 0.3 is 5.69 Å². The van der Waals surface area contributed by atoms with Gasteiger partial charge in [0.05, 0.1) is 16.6 Å². The highest BCUT2D eigenvalue weighted by molar-refractivity contribution is 5.99. The molecule has 9 nitrogen and oxygen atoms in total. The van der Waals surface area contributed by atoms with Crippen LogP contribution in [0, 0.1) is 0 Å². The number of para-hydroxylation sites is 2. The topological polar surface area (TPSA) is 124 Å². The number of hydrogen-bond donors (Lipinski definition) is 3. The molecule has 4 rings (SSSR count). The Hall–Kier alpha value is -3.88. The highest BCUT2D eigenvalue weighted by Gasteiger charge is 2.24. The summed E-state index contributed by atoms with van der Waals surface area (Å²) in [7, 11) is 0. The first kappa shape index (κ1) is 17.5. The normalized spacial score (nSPS) is 13.1. The molecular formula is C19H16N4O5. The molecule has 142 valence electrons. The van der Waals surface area contributed by atoms with Gasteiger partial charge in [-0.15, -0.1) is 0 Å². The highest BCUT2D eigenvalue weighted by Crippen LogP contribution is 2.30. The van der Waals surface area contributed by atoms with Crippen molar-refractivity contribution in [3.05, 3.63) is 68.9 Å². The fourth-order valence-electron chi connectivity index (χ4n) is 3.09. The second-order valence-corrected chi connectivity index (χ2v) is 6.23. The van der Waals surface area contributed by atoms with Gasteiger partial charge in [-0.2, -0.15) is 0 Å². The SMILES string of the molecule is O=C(NCCN1C(=O)COc2ccccc21)c1ccc2[nH]c(=O)[nH]c(=O)c2c1. The van der Waals surface area contributed by atoms with Crippen LogP contribution in [0.15, 0.2) is 52.1 Å². The molecule has 3 N–H and O–H groups in total. The molecular weight excluding hydrogens is 364 g/mol. The number of rotatable bonds is 4. The van der Waals surface area contributed by atoms with E-state index in [0.29, 0.717) is 17.0 Å². The lowest BCUT2D eigenvalue weighted by atomic mass is 10.1. The van der Waals surface area contributed by atoms with Crippen molar-refractivity contribution in [1.29, 1.82) is 0 Å². The van der Waals surface area contributed by atoms with E-state index in [1.165, 1.54) is 18.2 Å². The molecule has 0 saturated carbocycles. The smallest absolute Gasteiger partial charge is 0.326 e. The molecule has 28 heavy (non-hydrogen) atoms. The second kappa shape index (κ2) is 7.03. The number of carbonyl (C=O) groups excluding carboxylic acids is 2. The van der Waals surface area contributed by atoms with Crippen LogP contribution >= 0.6 is 0 Å². The molecule has 1 aliphatic rings. The van der Waals surface area contributed by atoms with Gasteiger partial charge in [-0.3, -0.25) is 19.4 Å². The molecule has 0 fully saturated rings. The molecule has 1 aromatic heterocycles. The Morgan fingerprint density at radius 1 is 1.11 bits per heavy atom. The van der Waals surface area contributed by atoms with Crippen molar-refractivity contribution < 1.29 is 14.3 Å². The molecule has 1 aliphatic heterocycles. The van der Waals surface area contributed by atoms with Crippen molar-refractivity contribution in [2.75, 3.05) is 24.6 Å². The molecule has 0 bridgehead atoms. The molecule has 3 aromatic rings. The molecule has 9 heteroatoms. The minimum absolute atomic E-state index is 0.0450. The number of aromatic amines is 2. The first-order chi connectivity index (χ1) is 13.5. The van der Waals surface area contributed by atoms with Crippen molar-refractivity contribution >= 4 is 28.4 Å². The number of hydrogen-bond acceptors (Lipinski definition) is 5. The summed E-state index contributed by atoms with van der Waals surface area (Å²) < 4.78 is 5.39. The van der Waals surface area contributed by atoms with Crippen LogP contribution in [-0.4, -0.2) is 41.5 Å². The Labute approximate surface area is 157 Å². The maximum absolute atomic E-state index is 12.4. The Kier molecular flexibility index (Phi) is 4.40. The number of H-pyrrole nitrogens is 2. The zero-order chi connectivity index (χ0) is 19.7. The summed E-state index contributed by atoms with van der Waals surface area (Å²) in [4.78, 5) is 53.9. The summed E-state index contributed by atoms with van der Waals surface area (Å²) in [6.07, 6.45) is 0. The molecule has 2 heterocycles. The number of nitrogens with one attached hydrogen (secondary N) is 3. The third kappa shape index (κ3) is 3.25. The second-order valence-electron chi connectivity index (χ2n) is 6.23. The van der Waals surface area contributed by atoms with Gasteiger partial charge in [0.1, 0.15) is 5.75 Å². The summed E-state index contributed by atoms with van der Waals surface area (Å²) in [6, 6.07) is 11.6. The number of fused-ring (bicyclic) bond motifs is 2. The number of anilines is 1. The molecule has 2 aromatic carbocycles. The van der Waals surface area contributed by atoms with E-state index in [9.17, 15) is 19.2 Å². The van der Waals surface area contributed by atoms with Crippen LogP contribution in [0.25, 0.3) is 10.9 Å². The van der Waals surface area contributed by atoms with Crippen molar-refractivity contribution in [2.45, 2.75) is 0 Å². The van der Waals surface area contributed by atoms with Crippen molar-refractivity contribution in [3.63, 3.8) is 0 Å². The Morgan fingerprint density at radius 3 is 2.79 bits per heavy atom. The fourth-order valence-corrected chi connectivity index (χ4v) is 3.09. The number of benzene rings is 2. The molecule has 0 spiro atoms. The molecule has 0 unspecified atom stereocenters. The summed E-state index contributed by atoms with van der Waals surface area (Å²) in [5.74, 6) is 0.0480. The highest BCUT2D eigenvalue weighted by atomic mass is 16.5. The van der Waals surface area contributed by atoms with Crippen LogP contribution in [0.4, 0.5) is 5.69 Å². The summed E-state index contributed by atoms with van der Waals surface area (Å²) >= 11 is 0. The van der Waals surface area contributed by atoms with Crippen LogP contribution in [0.1, 0.15) is 10.4 Å². The maximum Gasteiger partial charge on any atom is 0.326 e. The van der Waals surface area contributed by atoms with Gasteiger partial charge < -0.3 is 19.9 Å². The average molecular weight is 380 g/mol. The Bertz CT molecular complexity index is 1200. The average Bonchev–Trinajstić information content (AvgIpc) is 2.69. The fraction of sp³-hybridized carbons (Fsp3) is 0.158. The number of aromatic nitrogens is 2. The zero-order valence-corrected chi connectivity index (χ0v) is 14.7. The molecule has 0 radical (unpaired) electrons. The van der Waals surface area contributed by atoms with Crippen molar-refractivity contribution in [3.8, 4) is 5.75 Å². The van der Waals surface area contributed by atoms with Crippen LogP contribution in [0.5, 0.6) is 5.75 Å². The van der Waals surface area contributed by atoms with Crippen LogP contribution in [-0.2, 0) is 4.79 Å². The van der Waals surface area contributed by atoms with Gasteiger partial charge in [0.25, 0.3) is 17.4 Å². The zero-order valence-electron chi connectivity index (χ0n) is 14.7.